The van der Waals surface area contributed by atoms with Gasteiger partial charge in [-0.15, -0.1) is 0 Å². The van der Waals surface area contributed by atoms with E-state index in [1.807, 2.05) is 31.2 Å². The van der Waals surface area contributed by atoms with E-state index in [1.165, 1.54) is 11.8 Å². The maximum absolute atomic E-state index is 12.2. The molecule has 1 N–H and O–H groups in total. The fourth-order valence-electron chi connectivity index (χ4n) is 2.36. The number of nitrogens with one attached hydrogen (secondary N) is 1. The van der Waals surface area contributed by atoms with Crippen LogP contribution in [0.3, 0.4) is 0 Å². The first-order valence-electron chi connectivity index (χ1n) is 7.88. The van der Waals surface area contributed by atoms with Crippen molar-refractivity contribution in [2.45, 2.75) is 17.0 Å². The number of aryl methyl sites for hydroxylation is 1. The van der Waals surface area contributed by atoms with E-state index in [4.69, 9.17) is 9.15 Å². The van der Waals surface area contributed by atoms with Crippen molar-refractivity contribution >= 4 is 28.6 Å². The summed E-state index contributed by atoms with van der Waals surface area (Å²) < 4.78 is 10.4. The smallest absolute Gasteiger partial charge is 0.382 e. The number of esters is 1. The molecule has 0 spiro atoms. The van der Waals surface area contributed by atoms with Gasteiger partial charge in [-0.25, -0.2) is 9.78 Å². The normalized spacial score (nSPS) is 10.9. The van der Waals surface area contributed by atoms with Crippen LogP contribution in [0.25, 0.3) is 10.9 Å². The summed E-state index contributed by atoms with van der Waals surface area (Å²) in [5.74, 6) is -1.14. The van der Waals surface area contributed by atoms with Crippen molar-refractivity contribution < 1.29 is 13.9 Å². The third kappa shape index (κ3) is 3.58. The molecular formula is C18H12N4O4S. The molecule has 2 aromatic heterocycles. The second-order valence-electron chi connectivity index (χ2n) is 5.52. The molecular weight excluding hydrogens is 368 g/mol. The standard InChI is InChI=1S/C18H12N4O4S/c1-10-6-2-5-9-13(10)27-18-22-21-17(26-18)25-16(24)14-19-12-8-4-3-7-11(12)15(23)20-14/h2-9H,1H3,(H,19,20,23). The van der Waals surface area contributed by atoms with E-state index in [1.54, 1.807) is 24.3 Å². The lowest BCUT2D eigenvalue weighted by atomic mass is 10.2. The SMILES string of the molecule is Cc1ccccc1Sc1nnc(OC(=O)c2nc3ccccc3c(=O)[nH]2)o1. The topological polar surface area (TPSA) is 111 Å². The van der Waals surface area contributed by atoms with Crippen molar-refractivity contribution in [1.82, 2.24) is 20.2 Å². The van der Waals surface area contributed by atoms with Gasteiger partial charge in [0.05, 0.1) is 10.9 Å². The number of H-pyrrole nitrogens is 1. The first kappa shape index (κ1) is 17.0. The van der Waals surface area contributed by atoms with Crippen LogP contribution in [0.5, 0.6) is 6.08 Å². The van der Waals surface area contributed by atoms with Crippen molar-refractivity contribution in [3.05, 3.63) is 70.3 Å². The van der Waals surface area contributed by atoms with Gasteiger partial charge in [0.2, 0.25) is 5.82 Å². The van der Waals surface area contributed by atoms with Gasteiger partial charge in [-0.2, -0.15) is 0 Å². The Kier molecular flexibility index (Phi) is 4.43. The summed E-state index contributed by atoms with van der Waals surface area (Å²) in [6, 6.07) is 14.4. The van der Waals surface area contributed by atoms with Crippen LogP contribution in [0.1, 0.15) is 16.2 Å². The fourth-order valence-corrected chi connectivity index (χ4v) is 3.11. The lowest BCUT2D eigenvalue weighted by Gasteiger charge is -2.01. The first-order chi connectivity index (χ1) is 13.1. The minimum absolute atomic E-state index is 0.229. The van der Waals surface area contributed by atoms with Gasteiger partial charge in [0.25, 0.3) is 10.8 Å². The third-order valence-electron chi connectivity index (χ3n) is 3.67. The molecule has 134 valence electrons. The molecule has 0 saturated carbocycles. The first-order valence-corrected chi connectivity index (χ1v) is 8.70. The Morgan fingerprint density at radius 2 is 1.89 bits per heavy atom. The number of ether oxygens (including phenoxy) is 1. The fraction of sp³-hybridized carbons (Fsp3) is 0.0556. The van der Waals surface area contributed by atoms with Gasteiger partial charge < -0.3 is 14.1 Å². The largest absolute Gasteiger partial charge is 0.423 e. The van der Waals surface area contributed by atoms with E-state index in [-0.39, 0.29) is 17.1 Å². The second kappa shape index (κ2) is 7.04. The number of benzene rings is 2. The van der Waals surface area contributed by atoms with E-state index in [9.17, 15) is 9.59 Å². The zero-order chi connectivity index (χ0) is 18.8. The summed E-state index contributed by atoms with van der Waals surface area (Å²) in [6.45, 7) is 1.96. The maximum atomic E-state index is 12.2. The van der Waals surface area contributed by atoms with E-state index in [2.05, 4.69) is 20.2 Å². The molecule has 0 bridgehead atoms. The molecule has 0 fully saturated rings. The zero-order valence-electron chi connectivity index (χ0n) is 14.0. The van der Waals surface area contributed by atoms with Gasteiger partial charge in [-0.1, -0.05) is 40.5 Å². The Morgan fingerprint density at radius 1 is 1.11 bits per heavy atom. The maximum Gasteiger partial charge on any atom is 0.423 e. The summed E-state index contributed by atoms with van der Waals surface area (Å²) in [5, 5.41) is 8.14. The van der Waals surface area contributed by atoms with Gasteiger partial charge >= 0.3 is 12.0 Å². The molecule has 4 aromatic rings. The lowest BCUT2D eigenvalue weighted by Crippen LogP contribution is -2.19. The van der Waals surface area contributed by atoms with Gasteiger partial charge in [0, 0.05) is 4.90 Å². The molecule has 0 aliphatic rings. The number of para-hydroxylation sites is 1. The number of carbonyl (C=O) groups excluding carboxylic acids is 1. The average Bonchev–Trinajstić information content (AvgIpc) is 3.10. The van der Waals surface area contributed by atoms with Crippen LogP contribution in [-0.4, -0.2) is 26.1 Å². The molecule has 2 aromatic carbocycles. The van der Waals surface area contributed by atoms with Crippen molar-refractivity contribution in [2.24, 2.45) is 0 Å². The Hall–Kier alpha value is -3.46. The van der Waals surface area contributed by atoms with Crippen molar-refractivity contribution in [2.75, 3.05) is 0 Å². The molecule has 0 aliphatic carbocycles. The minimum atomic E-state index is -0.894. The summed E-state index contributed by atoms with van der Waals surface area (Å²) in [6.07, 6.45) is -0.327. The van der Waals surface area contributed by atoms with Crippen molar-refractivity contribution in [1.29, 1.82) is 0 Å². The van der Waals surface area contributed by atoms with E-state index < -0.39 is 11.5 Å². The molecule has 0 radical (unpaired) electrons. The number of hydrogen-bond donors (Lipinski definition) is 1. The predicted octanol–water partition coefficient (Wildman–Crippen LogP) is 2.98. The molecule has 9 heteroatoms. The molecule has 0 atom stereocenters. The summed E-state index contributed by atoms with van der Waals surface area (Å²) >= 11 is 1.26. The zero-order valence-corrected chi connectivity index (χ0v) is 14.8. The third-order valence-corrected chi connectivity index (χ3v) is 4.68. The Balaban J connectivity index is 1.53. The summed E-state index contributed by atoms with van der Waals surface area (Å²) in [5.41, 5.74) is 1.00. The number of rotatable bonds is 4. The van der Waals surface area contributed by atoms with Crippen LogP contribution in [0.15, 0.2) is 67.9 Å². The predicted molar refractivity (Wildman–Crippen MR) is 96.9 cm³/mol. The minimum Gasteiger partial charge on any atom is -0.382 e. The highest BCUT2D eigenvalue weighted by Crippen LogP contribution is 2.30. The summed E-state index contributed by atoms with van der Waals surface area (Å²) in [7, 11) is 0. The molecule has 2 heterocycles. The number of aromatic nitrogens is 4. The van der Waals surface area contributed by atoms with E-state index >= 15 is 0 Å². The highest BCUT2D eigenvalue weighted by molar-refractivity contribution is 7.99. The van der Waals surface area contributed by atoms with Crippen LogP contribution in [0.4, 0.5) is 0 Å². The molecule has 0 saturated heterocycles. The van der Waals surface area contributed by atoms with Crippen LogP contribution in [0.2, 0.25) is 0 Å². The lowest BCUT2D eigenvalue weighted by molar-refractivity contribution is 0.0662. The quantitative estimate of drug-likeness (QED) is 0.538. The average molecular weight is 380 g/mol. The molecule has 0 amide bonds. The number of fused-ring (bicyclic) bond motifs is 1. The van der Waals surface area contributed by atoms with Crippen LogP contribution in [-0.2, 0) is 0 Å². The molecule has 8 nitrogen and oxygen atoms in total. The Labute approximate surface area is 156 Å². The number of hydrogen-bond acceptors (Lipinski definition) is 8. The Bertz CT molecular complexity index is 1200. The van der Waals surface area contributed by atoms with Crippen LogP contribution >= 0.6 is 11.8 Å². The summed E-state index contributed by atoms with van der Waals surface area (Å²) in [4.78, 5) is 31.7. The molecule has 0 aliphatic heterocycles. The monoisotopic (exact) mass is 380 g/mol. The Morgan fingerprint density at radius 3 is 2.74 bits per heavy atom. The number of carbonyl (C=O) groups is 1. The van der Waals surface area contributed by atoms with E-state index in [0.29, 0.717) is 10.9 Å². The number of aromatic amines is 1. The van der Waals surface area contributed by atoms with Gasteiger partial charge in [-0.3, -0.25) is 4.79 Å². The van der Waals surface area contributed by atoms with Gasteiger partial charge in [0.15, 0.2) is 0 Å². The molecule has 0 unspecified atom stereocenters. The second-order valence-corrected chi connectivity index (χ2v) is 6.52. The van der Waals surface area contributed by atoms with Crippen molar-refractivity contribution in [3.63, 3.8) is 0 Å². The van der Waals surface area contributed by atoms with Crippen LogP contribution < -0.4 is 10.3 Å². The molecule has 4 rings (SSSR count). The highest BCUT2D eigenvalue weighted by Gasteiger charge is 2.18. The van der Waals surface area contributed by atoms with E-state index in [0.717, 1.165) is 10.5 Å². The van der Waals surface area contributed by atoms with Gasteiger partial charge in [-0.05, 0) is 42.4 Å². The number of nitrogens with zero attached hydrogens (tertiary/aromatic N) is 3. The van der Waals surface area contributed by atoms with Crippen LogP contribution in [0, 0.1) is 6.92 Å². The van der Waals surface area contributed by atoms with Gasteiger partial charge in [0.1, 0.15) is 0 Å². The highest BCUT2D eigenvalue weighted by atomic mass is 32.2. The van der Waals surface area contributed by atoms with Crippen molar-refractivity contribution in [3.8, 4) is 6.08 Å². The molecule has 27 heavy (non-hydrogen) atoms.